The van der Waals surface area contributed by atoms with Crippen LogP contribution >= 0.6 is 0 Å². The van der Waals surface area contributed by atoms with E-state index in [0.717, 1.165) is 28.2 Å². The number of halogens is 1. The van der Waals surface area contributed by atoms with E-state index in [1.54, 1.807) is 12.1 Å². The molecule has 0 radical (unpaired) electrons. The smallest absolute Gasteiger partial charge is 0.163 e. The van der Waals surface area contributed by atoms with Crippen molar-refractivity contribution in [1.82, 2.24) is 0 Å². The van der Waals surface area contributed by atoms with Crippen LogP contribution in [0.3, 0.4) is 0 Å². The maximum absolute atomic E-state index is 14.3. The largest absolute Gasteiger partial charge is 0.459 e. The third-order valence-electron chi connectivity index (χ3n) is 5.37. The van der Waals surface area contributed by atoms with Crippen LogP contribution in [-0.4, -0.2) is 5.78 Å². The van der Waals surface area contributed by atoms with Crippen LogP contribution in [0.5, 0.6) is 0 Å². The highest BCUT2D eigenvalue weighted by molar-refractivity contribution is 6.00. The van der Waals surface area contributed by atoms with Crippen LogP contribution in [0.2, 0.25) is 0 Å². The Kier molecular flexibility index (Phi) is 6.42. The maximum Gasteiger partial charge on any atom is 0.163 e. The molecule has 0 unspecified atom stereocenters. The number of anilines is 1. The van der Waals surface area contributed by atoms with Gasteiger partial charge in [-0.05, 0) is 61.6 Å². The number of nitrogen functional groups attached to an aromatic ring is 1. The molecule has 0 saturated heterocycles. The van der Waals surface area contributed by atoms with Crippen LogP contribution in [0.4, 0.5) is 10.1 Å². The minimum Gasteiger partial charge on any atom is -0.459 e. The van der Waals surface area contributed by atoms with Crippen molar-refractivity contribution in [3.05, 3.63) is 64.7 Å². The first-order valence-electron chi connectivity index (χ1n) is 10.2. The Balaban J connectivity index is 0.000000572. The van der Waals surface area contributed by atoms with E-state index in [1.807, 2.05) is 32.0 Å². The highest BCUT2D eigenvalue weighted by atomic mass is 19.1. The van der Waals surface area contributed by atoms with E-state index in [-0.39, 0.29) is 18.1 Å². The van der Waals surface area contributed by atoms with Gasteiger partial charge in [-0.15, -0.1) is 0 Å². The number of benzene rings is 2. The molecule has 0 aliphatic heterocycles. The van der Waals surface area contributed by atoms with Crippen LogP contribution in [0.25, 0.3) is 22.5 Å². The summed E-state index contributed by atoms with van der Waals surface area (Å²) in [5, 5.41) is 0. The third-order valence-corrected chi connectivity index (χ3v) is 5.37. The fourth-order valence-corrected chi connectivity index (χ4v) is 3.17. The molecule has 1 aromatic heterocycles. The van der Waals surface area contributed by atoms with Crippen molar-refractivity contribution < 1.29 is 13.6 Å². The molecule has 30 heavy (non-hydrogen) atoms. The average molecular weight is 409 g/mol. The monoisotopic (exact) mass is 408 g/mol. The van der Waals surface area contributed by atoms with Crippen LogP contribution in [0.1, 0.15) is 53.9 Å². The van der Waals surface area contributed by atoms with Crippen molar-refractivity contribution in [3.8, 4) is 22.5 Å². The van der Waals surface area contributed by atoms with E-state index in [4.69, 9.17) is 15.9 Å². The number of aryl methyl sites for hydroxylation is 2. The topological polar surface area (TPSA) is 82.2 Å². The minimum atomic E-state index is -0.368. The highest BCUT2D eigenvalue weighted by Gasteiger charge is 2.18. The molecule has 0 spiro atoms. The number of carbonyl (C=O) groups is 1. The molecule has 0 atom stereocenters. The summed E-state index contributed by atoms with van der Waals surface area (Å²) in [5.74, 6) is 1.67. The predicted octanol–water partition coefficient (Wildman–Crippen LogP) is 6.03. The van der Waals surface area contributed by atoms with Gasteiger partial charge in [0.2, 0.25) is 0 Å². The van der Waals surface area contributed by atoms with E-state index in [0.29, 0.717) is 28.3 Å². The second-order valence-electron chi connectivity index (χ2n) is 8.12. The van der Waals surface area contributed by atoms with E-state index in [9.17, 15) is 9.18 Å². The summed E-state index contributed by atoms with van der Waals surface area (Å²) in [6.45, 7) is 7.73. The van der Waals surface area contributed by atoms with Crippen LogP contribution in [0, 0.1) is 25.6 Å². The first-order chi connectivity index (χ1) is 14.2. The van der Waals surface area contributed by atoms with Crippen LogP contribution in [0.15, 0.2) is 40.8 Å². The van der Waals surface area contributed by atoms with Gasteiger partial charge in [0.25, 0.3) is 0 Å². The zero-order chi connectivity index (χ0) is 22.0. The number of carbonyl (C=O) groups excluding carboxylic acids is 1. The number of Topliss-reactive ketones (excluding diaryl/α,β-unsaturated/α-hetero) is 1. The number of hydrogen-bond acceptors (Lipinski definition) is 4. The van der Waals surface area contributed by atoms with Gasteiger partial charge in [-0.25, -0.2) is 4.39 Å². The normalized spacial score (nSPS) is 13.0. The Labute approximate surface area is 177 Å². The SMILES string of the molecule is CC(=O)c1cc(CN)oc1-c1ccc(-c2cc(C)c(N)cc2F)cc1C.CC1CC1. The van der Waals surface area contributed by atoms with Crippen LogP contribution in [-0.2, 0) is 6.54 Å². The lowest BCUT2D eigenvalue weighted by Crippen LogP contribution is -1.96. The summed E-state index contributed by atoms with van der Waals surface area (Å²) in [6.07, 6.45) is 2.97. The van der Waals surface area contributed by atoms with Gasteiger partial charge in [0.15, 0.2) is 5.78 Å². The molecule has 1 heterocycles. The molecule has 1 saturated carbocycles. The molecule has 4 nitrogen and oxygen atoms in total. The van der Waals surface area contributed by atoms with E-state index in [2.05, 4.69) is 6.92 Å². The molecule has 1 fully saturated rings. The molecule has 4 N–H and O–H groups in total. The molecule has 4 rings (SSSR count). The molecule has 158 valence electrons. The summed E-state index contributed by atoms with van der Waals surface area (Å²) < 4.78 is 20.1. The maximum atomic E-state index is 14.3. The Morgan fingerprint density at radius 3 is 2.30 bits per heavy atom. The van der Waals surface area contributed by atoms with Gasteiger partial charge in [-0.3, -0.25) is 4.79 Å². The zero-order valence-corrected chi connectivity index (χ0v) is 18.0. The molecular weight excluding hydrogens is 379 g/mol. The Bertz CT molecular complexity index is 1080. The Morgan fingerprint density at radius 1 is 1.10 bits per heavy atom. The lowest BCUT2D eigenvalue weighted by molar-refractivity contribution is 0.101. The zero-order valence-electron chi connectivity index (χ0n) is 18.0. The van der Waals surface area contributed by atoms with Crippen molar-refractivity contribution in [2.45, 2.75) is 47.1 Å². The second kappa shape index (κ2) is 8.84. The van der Waals surface area contributed by atoms with Gasteiger partial charge < -0.3 is 15.9 Å². The standard InChI is InChI=1S/C21H21FN2O2.C4H8/c1-11-6-14(18-7-12(2)20(24)9-19(18)22)4-5-16(11)21-17(13(3)25)8-15(10-23)26-21;1-4-2-3-4/h4-9H,10,23-24H2,1-3H3;4H,2-3H2,1H3. The second-order valence-corrected chi connectivity index (χ2v) is 8.12. The summed E-state index contributed by atoms with van der Waals surface area (Å²) in [6, 6.07) is 10.3. The molecular formula is C25H29FN2O2. The molecule has 1 aliphatic rings. The summed E-state index contributed by atoms with van der Waals surface area (Å²) in [4.78, 5) is 11.9. The lowest BCUT2D eigenvalue weighted by atomic mass is 9.95. The molecule has 2 aromatic carbocycles. The predicted molar refractivity (Wildman–Crippen MR) is 120 cm³/mol. The van der Waals surface area contributed by atoms with Gasteiger partial charge in [-0.2, -0.15) is 0 Å². The summed E-state index contributed by atoms with van der Waals surface area (Å²) in [5.41, 5.74) is 16.0. The summed E-state index contributed by atoms with van der Waals surface area (Å²) >= 11 is 0. The molecule has 3 aromatic rings. The fraction of sp³-hybridized carbons (Fsp3) is 0.320. The highest BCUT2D eigenvalue weighted by Crippen LogP contribution is 2.34. The fourth-order valence-electron chi connectivity index (χ4n) is 3.17. The van der Waals surface area contributed by atoms with Gasteiger partial charge in [0, 0.05) is 16.8 Å². The number of rotatable bonds is 4. The third kappa shape index (κ3) is 4.79. The first-order valence-corrected chi connectivity index (χ1v) is 10.2. The van der Waals surface area contributed by atoms with E-state index in [1.165, 1.54) is 25.8 Å². The molecule has 0 amide bonds. The first kappa shape index (κ1) is 21.8. The number of ketones is 1. The summed E-state index contributed by atoms with van der Waals surface area (Å²) in [7, 11) is 0. The van der Waals surface area contributed by atoms with Crippen molar-refractivity contribution in [1.29, 1.82) is 0 Å². The van der Waals surface area contributed by atoms with Crippen molar-refractivity contribution >= 4 is 11.5 Å². The number of nitrogens with two attached hydrogens (primary N) is 2. The quantitative estimate of drug-likeness (QED) is 0.408. The minimum absolute atomic E-state index is 0.0906. The lowest BCUT2D eigenvalue weighted by Gasteiger charge is -2.11. The van der Waals surface area contributed by atoms with Crippen molar-refractivity contribution in [2.75, 3.05) is 5.73 Å². The Hall–Kier alpha value is -2.92. The average Bonchev–Trinajstić information content (AvgIpc) is 3.35. The van der Waals surface area contributed by atoms with Gasteiger partial charge >= 0.3 is 0 Å². The Morgan fingerprint density at radius 2 is 1.77 bits per heavy atom. The van der Waals surface area contributed by atoms with Gasteiger partial charge in [0.1, 0.15) is 17.3 Å². The van der Waals surface area contributed by atoms with E-state index >= 15 is 0 Å². The van der Waals surface area contributed by atoms with Crippen molar-refractivity contribution in [3.63, 3.8) is 0 Å². The molecule has 1 aliphatic carbocycles. The van der Waals surface area contributed by atoms with Gasteiger partial charge in [-0.1, -0.05) is 38.0 Å². The number of furan rings is 1. The van der Waals surface area contributed by atoms with E-state index < -0.39 is 0 Å². The molecule has 5 heteroatoms. The van der Waals surface area contributed by atoms with Crippen molar-refractivity contribution in [2.24, 2.45) is 11.7 Å². The molecule has 0 bridgehead atoms. The van der Waals surface area contributed by atoms with Gasteiger partial charge in [0.05, 0.1) is 12.1 Å². The van der Waals surface area contributed by atoms with Crippen LogP contribution < -0.4 is 11.5 Å². The number of hydrogen-bond donors (Lipinski definition) is 2.